The van der Waals surface area contributed by atoms with Gasteiger partial charge in [0.1, 0.15) is 11.6 Å². The molecule has 0 radical (unpaired) electrons. The van der Waals surface area contributed by atoms with E-state index in [1.54, 1.807) is 6.07 Å². The van der Waals surface area contributed by atoms with Gasteiger partial charge in [0, 0.05) is 12.0 Å². The minimum atomic E-state index is -0.368. The molecule has 0 aliphatic heterocycles. The quantitative estimate of drug-likeness (QED) is 0.882. The van der Waals surface area contributed by atoms with Crippen LogP contribution < -0.4 is 5.73 Å². The Kier molecular flexibility index (Phi) is 4.15. The number of rotatable bonds is 3. The molecule has 1 aromatic heterocycles. The number of benzene rings is 1. The smallest absolute Gasteiger partial charge is 0.175 e. The van der Waals surface area contributed by atoms with E-state index >= 15 is 0 Å². The van der Waals surface area contributed by atoms with E-state index in [9.17, 15) is 4.39 Å². The SMILES string of the molecule is Nc1noc(CC2CCCCC2)c1-c1ccc(F)cc1Cl. The highest BCUT2D eigenvalue weighted by Crippen LogP contribution is 2.37. The molecule has 1 aliphatic carbocycles. The Morgan fingerprint density at radius 2 is 2.05 bits per heavy atom. The molecule has 0 amide bonds. The van der Waals surface area contributed by atoms with E-state index in [2.05, 4.69) is 5.16 Å². The van der Waals surface area contributed by atoms with Crippen LogP contribution in [0, 0.1) is 11.7 Å². The molecule has 1 aliphatic rings. The Hall–Kier alpha value is -1.55. The third-order valence-electron chi connectivity index (χ3n) is 4.19. The van der Waals surface area contributed by atoms with E-state index in [0.717, 1.165) is 12.2 Å². The summed E-state index contributed by atoms with van der Waals surface area (Å²) < 4.78 is 18.6. The van der Waals surface area contributed by atoms with E-state index < -0.39 is 0 Å². The molecule has 2 aromatic rings. The summed E-state index contributed by atoms with van der Waals surface area (Å²) >= 11 is 6.14. The fourth-order valence-corrected chi connectivity index (χ4v) is 3.37. The highest BCUT2D eigenvalue weighted by molar-refractivity contribution is 6.33. The zero-order valence-electron chi connectivity index (χ0n) is 11.7. The molecule has 3 nitrogen and oxygen atoms in total. The fraction of sp³-hybridized carbons (Fsp3) is 0.438. The van der Waals surface area contributed by atoms with Gasteiger partial charge >= 0.3 is 0 Å². The number of nitrogens with zero attached hydrogens (tertiary/aromatic N) is 1. The number of hydrogen-bond acceptors (Lipinski definition) is 3. The zero-order chi connectivity index (χ0) is 14.8. The Bertz CT molecular complexity index is 635. The Balaban J connectivity index is 1.92. The number of anilines is 1. The van der Waals surface area contributed by atoms with Crippen LogP contribution in [0.25, 0.3) is 11.1 Å². The molecule has 112 valence electrons. The predicted octanol–water partition coefficient (Wildman–Crippen LogP) is 4.84. The second-order valence-corrected chi connectivity index (χ2v) is 6.11. The summed E-state index contributed by atoms with van der Waals surface area (Å²) in [5, 5.41) is 4.20. The maximum absolute atomic E-state index is 13.2. The zero-order valence-corrected chi connectivity index (χ0v) is 12.5. The predicted molar refractivity (Wildman–Crippen MR) is 81.6 cm³/mol. The lowest BCUT2D eigenvalue weighted by Gasteiger charge is -2.20. The Morgan fingerprint density at radius 3 is 2.76 bits per heavy atom. The molecule has 1 fully saturated rings. The van der Waals surface area contributed by atoms with Gasteiger partial charge in [-0.15, -0.1) is 0 Å². The van der Waals surface area contributed by atoms with Crippen molar-refractivity contribution in [2.45, 2.75) is 38.5 Å². The summed E-state index contributed by atoms with van der Waals surface area (Å²) in [6.07, 6.45) is 7.06. The van der Waals surface area contributed by atoms with Gasteiger partial charge in [0.25, 0.3) is 0 Å². The number of halogens is 2. The monoisotopic (exact) mass is 308 g/mol. The minimum absolute atomic E-state index is 0.314. The van der Waals surface area contributed by atoms with Crippen molar-refractivity contribution in [3.63, 3.8) is 0 Å². The molecule has 3 rings (SSSR count). The maximum atomic E-state index is 13.2. The van der Waals surface area contributed by atoms with Crippen LogP contribution in [0.4, 0.5) is 10.2 Å². The molecule has 5 heteroatoms. The van der Waals surface area contributed by atoms with E-state index in [1.807, 2.05) is 0 Å². The van der Waals surface area contributed by atoms with Crippen LogP contribution in [-0.2, 0) is 6.42 Å². The molecule has 0 spiro atoms. The average molecular weight is 309 g/mol. The third-order valence-corrected chi connectivity index (χ3v) is 4.50. The summed E-state index contributed by atoms with van der Waals surface area (Å²) in [5.74, 6) is 1.30. The topological polar surface area (TPSA) is 52.0 Å². The lowest BCUT2D eigenvalue weighted by molar-refractivity contribution is 0.311. The highest BCUT2D eigenvalue weighted by atomic mass is 35.5. The summed E-state index contributed by atoms with van der Waals surface area (Å²) in [4.78, 5) is 0. The van der Waals surface area contributed by atoms with Gasteiger partial charge in [-0.25, -0.2) is 4.39 Å². The lowest BCUT2D eigenvalue weighted by atomic mass is 9.85. The van der Waals surface area contributed by atoms with E-state index in [4.69, 9.17) is 21.9 Å². The number of nitrogen functional groups attached to an aromatic ring is 1. The molecule has 0 unspecified atom stereocenters. The summed E-state index contributed by atoms with van der Waals surface area (Å²) in [7, 11) is 0. The van der Waals surface area contributed by atoms with Crippen molar-refractivity contribution < 1.29 is 8.91 Å². The van der Waals surface area contributed by atoms with Gasteiger partial charge in [0.15, 0.2) is 5.82 Å². The molecule has 21 heavy (non-hydrogen) atoms. The van der Waals surface area contributed by atoms with Crippen LogP contribution >= 0.6 is 11.6 Å². The van der Waals surface area contributed by atoms with Gasteiger partial charge in [0.2, 0.25) is 0 Å². The first-order valence-electron chi connectivity index (χ1n) is 7.34. The molecule has 0 bridgehead atoms. The maximum Gasteiger partial charge on any atom is 0.175 e. The van der Waals surface area contributed by atoms with Crippen molar-refractivity contribution in [2.24, 2.45) is 5.92 Å². The molecule has 0 atom stereocenters. The normalized spacial score (nSPS) is 16.3. The van der Waals surface area contributed by atoms with Crippen molar-refractivity contribution >= 4 is 17.4 Å². The van der Waals surface area contributed by atoms with E-state index in [-0.39, 0.29) is 5.82 Å². The van der Waals surface area contributed by atoms with Crippen LogP contribution in [0.15, 0.2) is 22.7 Å². The highest BCUT2D eigenvalue weighted by Gasteiger charge is 2.23. The average Bonchev–Trinajstić information content (AvgIpc) is 2.81. The number of nitrogens with two attached hydrogens (primary N) is 1. The van der Waals surface area contributed by atoms with Crippen molar-refractivity contribution in [1.29, 1.82) is 0 Å². The molecular formula is C16H18ClFN2O. The fourth-order valence-electron chi connectivity index (χ4n) is 3.11. The molecule has 1 heterocycles. The van der Waals surface area contributed by atoms with Crippen LogP contribution in [0.3, 0.4) is 0 Å². The van der Waals surface area contributed by atoms with E-state index in [1.165, 1.54) is 44.2 Å². The molecule has 0 saturated heterocycles. The van der Waals surface area contributed by atoms with Gasteiger partial charge < -0.3 is 10.3 Å². The van der Waals surface area contributed by atoms with Crippen molar-refractivity contribution in [3.05, 3.63) is 34.8 Å². The summed E-state index contributed by atoms with van der Waals surface area (Å²) in [5.41, 5.74) is 7.32. The van der Waals surface area contributed by atoms with Crippen molar-refractivity contribution in [2.75, 3.05) is 5.73 Å². The first-order chi connectivity index (χ1) is 10.1. The number of aromatic nitrogens is 1. The molecule has 1 saturated carbocycles. The van der Waals surface area contributed by atoms with Crippen molar-refractivity contribution in [1.82, 2.24) is 5.16 Å². The van der Waals surface area contributed by atoms with Gasteiger partial charge in [-0.05, 0) is 24.1 Å². The molecule has 1 aromatic carbocycles. The van der Waals surface area contributed by atoms with Crippen molar-refractivity contribution in [3.8, 4) is 11.1 Å². The van der Waals surface area contributed by atoms with Gasteiger partial charge in [0.05, 0.1) is 10.6 Å². The largest absolute Gasteiger partial charge is 0.380 e. The van der Waals surface area contributed by atoms with Crippen LogP contribution in [0.5, 0.6) is 0 Å². The van der Waals surface area contributed by atoms with Gasteiger partial charge in [-0.1, -0.05) is 48.9 Å². The first-order valence-corrected chi connectivity index (χ1v) is 7.72. The van der Waals surface area contributed by atoms with Crippen LogP contribution in [-0.4, -0.2) is 5.16 Å². The van der Waals surface area contributed by atoms with Gasteiger partial charge in [-0.2, -0.15) is 0 Å². The van der Waals surface area contributed by atoms with Crippen LogP contribution in [0.1, 0.15) is 37.9 Å². The second kappa shape index (κ2) is 6.06. The second-order valence-electron chi connectivity index (χ2n) is 5.70. The Morgan fingerprint density at radius 1 is 1.29 bits per heavy atom. The standard InChI is InChI=1S/C16H18ClFN2O/c17-13-9-11(18)6-7-12(13)15-14(21-20-16(15)19)8-10-4-2-1-3-5-10/h6-7,9-10H,1-5,8H2,(H2,19,20). The first kappa shape index (κ1) is 14.4. The van der Waals surface area contributed by atoms with Gasteiger partial charge in [-0.3, -0.25) is 0 Å². The number of hydrogen-bond donors (Lipinski definition) is 1. The third kappa shape index (κ3) is 3.05. The summed E-state index contributed by atoms with van der Waals surface area (Å²) in [6, 6.07) is 4.29. The summed E-state index contributed by atoms with van der Waals surface area (Å²) in [6.45, 7) is 0. The minimum Gasteiger partial charge on any atom is -0.380 e. The lowest BCUT2D eigenvalue weighted by Crippen LogP contribution is -2.09. The molecule has 2 N–H and O–H groups in total. The molecular weight excluding hydrogens is 291 g/mol. The van der Waals surface area contributed by atoms with Crippen LogP contribution in [0.2, 0.25) is 5.02 Å². The Labute approximate surface area is 128 Å². The van der Waals surface area contributed by atoms with E-state index in [0.29, 0.717) is 27.9 Å².